The van der Waals surface area contributed by atoms with Gasteiger partial charge in [-0.1, -0.05) is 29.8 Å². The van der Waals surface area contributed by atoms with Crippen molar-refractivity contribution in [3.8, 4) is 0 Å². The normalized spacial score (nSPS) is 10.6. The van der Waals surface area contributed by atoms with Crippen LogP contribution in [0.4, 0.5) is 0 Å². The number of nitrogens with one attached hydrogen (secondary N) is 1. The molecule has 17 heavy (non-hydrogen) atoms. The number of carbonyl (C=O) groups is 1. The minimum atomic E-state index is -0.346. The fourth-order valence-corrected chi connectivity index (χ4v) is 1.79. The van der Waals surface area contributed by atoms with E-state index >= 15 is 0 Å². The second kappa shape index (κ2) is 6.84. The van der Waals surface area contributed by atoms with Crippen LogP contribution in [0.5, 0.6) is 0 Å². The molecule has 0 aromatic heterocycles. The molecule has 0 unspecified atom stereocenters. The number of hydrogen-bond acceptors (Lipinski definition) is 2. The third-order valence-electron chi connectivity index (χ3n) is 2.25. The summed E-state index contributed by atoms with van der Waals surface area (Å²) in [5, 5.41) is 3.58. The Kier molecular flexibility index (Phi) is 6.53. The summed E-state index contributed by atoms with van der Waals surface area (Å²) in [7, 11) is 0. The molecule has 0 aliphatic carbocycles. The zero-order valence-electron chi connectivity index (χ0n) is 10.00. The molecule has 0 saturated carbocycles. The molecule has 0 radical (unpaired) electrons. The van der Waals surface area contributed by atoms with Crippen LogP contribution in [0.1, 0.15) is 19.4 Å². The Bertz CT molecular complexity index is 381. The lowest BCUT2D eigenvalue weighted by molar-refractivity contribution is -0.121. The number of nitrogens with two attached hydrogens (primary N) is 1. The molecule has 3 N–H and O–H groups in total. The molecule has 0 fully saturated rings. The highest BCUT2D eigenvalue weighted by atomic mass is 35.5. The first-order chi connectivity index (χ1) is 7.44. The summed E-state index contributed by atoms with van der Waals surface area (Å²) in [6.07, 6.45) is 0.679. The molecule has 0 aliphatic rings. The molecule has 0 heterocycles. The lowest BCUT2D eigenvalue weighted by Crippen LogP contribution is -2.47. The molecule has 0 aliphatic heterocycles. The van der Waals surface area contributed by atoms with Gasteiger partial charge in [-0.3, -0.25) is 4.79 Å². The molecule has 3 nitrogen and oxygen atoms in total. The SMILES string of the molecule is CC(C)(Cc1ccccc1Cl)NC(=O)CN.Cl. The van der Waals surface area contributed by atoms with Crippen LogP contribution in [0.3, 0.4) is 0 Å². The Morgan fingerprint density at radius 3 is 2.53 bits per heavy atom. The van der Waals surface area contributed by atoms with Crippen molar-refractivity contribution in [2.24, 2.45) is 5.73 Å². The maximum atomic E-state index is 11.2. The maximum Gasteiger partial charge on any atom is 0.234 e. The highest BCUT2D eigenvalue weighted by Crippen LogP contribution is 2.20. The topological polar surface area (TPSA) is 55.1 Å². The predicted octanol–water partition coefficient (Wildman–Crippen LogP) is 2.16. The second-order valence-electron chi connectivity index (χ2n) is 4.40. The van der Waals surface area contributed by atoms with Gasteiger partial charge in [0.25, 0.3) is 0 Å². The van der Waals surface area contributed by atoms with Crippen LogP contribution in [-0.4, -0.2) is 18.0 Å². The molecule has 1 aromatic rings. The van der Waals surface area contributed by atoms with Gasteiger partial charge in [0.15, 0.2) is 0 Å². The largest absolute Gasteiger partial charge is 0.350 e. The maximum absolute atomic E-state index is 11.2. The average Bonchev–Trinajstić information content (AvgIpc) is 2.20. The van der Waals surface area contributed by atoms with E-state index in [1.165, 1.54) is 0 Å². The van der Waals surface area contributed by atoms with E-state index in [0.29, 0.717) is 6.42 Å². The average molecular weight is 277 g/mol. The van der Waals surface area contributed by atoms with Gasteiger partial charge in [0.2, 0.25) is 5.91 Å². The summed E-state index contributed by atoms with van der Waals surface area (Å²) in [5.74, 6) is -0.156. The first-order valence-electron chi connectivity index (χ1n) is 5.19. The lowest BCUT2D eigenvalue weighted by atomic mass is 9.95. The van der Waals surface area contributed by atoms with E-state index in [1.54, 1.807) is 0 Å². The molecule has 0 saturated heterocycles. The summed E-state index contributed by atoms with van der Waals surface area (Å²) in [6.45, 7) is 3.90. The number of amides is 1. The molecule has 0 atom stereocenters. The summed E-state index contributed by atoms with van der Waals surface area (Å²) < 4.78 is 0. The van der Waals surface area contributed by atoms with Gasteiger partial charge < -0.3 is 11.1 Å². The van der Waals surface area contributed by atoms with Crippen LogP contribution in [-0.2, 0) is 11.2 Å². The van der Waals surface area contributed by atoms with Crippen molar-refractivity contribution in [1.29, 1.82) is 0 Å². The highest BCUT2D eigenvalue weighted by molar-refractivity contribution is 6.31. The van der Waals surface area contributed by atoms with E-state index in [9.17, 15) is 4.79 Å². The minimum Gasteiger partial charge on any atom is -0.350 e. The predicted molar refractivity (Wildman–Crippen MR) is 73.7 cm³/mol. The molecule has 0 spiro atoms. The molecule has 96 valence electrons. The molecular weight excluding hydrogens is 259 g/mol. The van der Waals surface area contributed by atoms with E-state index in [4.69, 9.17) is 17.3 Å². The van der Waals surface area contributed by atoms with Crippen LogP contribution < -0.4 is 11.1 Å². The number of carbonyl (C=O) groups excluding carboxylic acids is 1. The summed E-state index contributed by atoms with van der Waals surface area (Å²) in [5.41, 5.74) is 5.94. The Labute approximate surface area is 113 Å². The molecule has 1 aromatic carbocycles. The zero-order chi connectivity index (χ0) is 12.2. The van der Waals surface area contributed by atoms with Gasteiger partial charge in [0.05, 0.1) is 6.54 Å². The van der Waals surface area contributed by atoms with E-state index in [1.807, 2.05) is 38.1 Å². The van der Waals surface area contributed by atoms with Gasteiger partial charge in [0.1, 0.15) is 0 Å². The van der Waals surface area contributed by atoms with Gasteiger partial charge in [-0.05, 0) is 31.9 Å². The minimum absolute atomic E-state index is 0. The van der Waals surface area contributed by atoms with Gasteiger partial charge in [-0.2, -0.15) is 0 Å². The fourth-order valence-electron chi connectivity index (χ4n) is 1.59. The van der Waals surface area contributed by atoms with Gasteiger partial charge in [-0.25, -0.2) is 0 Å². The second-order valence-corrected chi connectivity index (χ2v) is 4.81. The molecule has 5 heteroatoms. The monoisotopic (exact) mass is 276 g/mol. The van der Waals surface area contributed by atoms with Crippen LogP contribution in [0.2, 0.25) is 5.02 Å². The standard InChI is InChI=1S/C12H17ClN2O.ClH/c1-12(2,15-11(16)8-14)7-9-5-3-4-6-10(9)13;/h3-6H,7-8,14H2,1-2H3,(H,15,16);1H. The molecule has 1 rings (SSSR count). The third-order valence-corrected chi connectivity index (χ3v) is 2.62. The van der Waals surface area contributed by atoms with Crippen LogP contribution in [0, 0.1) is 0 Å². The van der Waals surface area contributed by atoms with E-state index in [2.05, 4.69) is 5.32 Å². The Hall–Kier alpha value is -0.770. The Morgan fingerprint density at radius 1 is 1.41 bits per heavy atom. The summed E-state index contributed by atoms with van der Waals surface area (Å²) in [6, 6.07) is 7.62. The number of benzene rings is 1. The van der Waals surface area contributed by atoms with Crippen molar-refractivity contribution in [2.75, 3.05) is 6.54 Å². The fraction of sp³-hybridized carbons (Fsp3) is 0.417. The molecular formula is C12H18Cl2N2O. The van der Waals surface area contributed by atoms with Gasteiger partial charge >= 0.3 is 0 Å². The quantitative estimate of drug-likeness (QED) is 0.886. The summed E-state index contributed by atoms with van der Waals surface area (Å²) >= 11 is 6.06. The molecule has 0 bridgehead atoms. The lowest BCUT2D eigenvalue weighted by Gasteiger charge is -2.26. The van der Waals surface area contributed by atoms with Crippen LogP contribution >= 0.6 is 24.0 Å². The van der Waals surface area contributed by atoms with Gasteiger partial charge in [-0.15, -0.1) is 12.4 Å². The van der Waals surface area contributed by atoms with Crippen molar-refractivity contribution in [1.82, 2.24) is 5.32 Å². The smallest absolute Gasteiger partial charge is 0.234 e. The number of halogens is 2. The highest BCUT2D eigenvalue weighted by Gasteiger charge is 2.21. The van der Waals surface area contributed by atoms with Crippen molar-refractivity contribution < 1.29 is 4.79 Å². The van der Waals surface area contributed by atoms with Crippen molar-refractivity contribution >= 4 is 29.9 Å². The molecule has 1 amide bonds. The van der Waals surface area contributed by atoms with Crippen LogP contribution in [0.25, 0.3) is 0 Å². The van der Waals surface area contributed by atoms with E-state index in [0.717, 1.165) is 10.6 Å². The van der Waals surface area contributed by atoms with Gasteiger partial charge in [0, 0.05) is 10.6 Å². The van der Waals surface area contributed by atoms with Crippen molar-refractivity contribution in [3.05, 3.63) is 34.9 Å². The van der Waals surface area contributed by atoms with Crippen molar-refractivity contribution in [3.63, 3.8) is 0 Å². The van der Waals surface area contributed by atoms with Crippen LogP contribution in [0.15, 0.2) is 24.3 Å². The Morgan fingerprint density at radius 2 is 2.00 bits per heavy atom. The Balaban J connectivity index is 0.00000256. The zero-order valence-corrected chi connectivity index (χ0v) is 11.6. The summed E-state index contributed by atoms with van der Waals surface area (Å²) in [4.78, 5) is 11.2. The first-order valence-corrected chi connectivity index (χ1v) is 5.57. The number of rotatable bonds is 4. The van der Waals surface area contributed by atoms with Crippen molar-refractivity contribution in [2.45, 2.75) is 25.8 Å². The van der Waals surface area contributed by atoms with E-state index in [-0.39, 0.29) is 30.4 Å². The van der Waals surface area contributed by atoms with E-state index < -0.39 is 0 Å². The third kappa shape index (κ3) is 5.39. The first kappa shape index (κ1) is 16.2. The number of hydrogen-bond donors (Lipinski definition) is 2.